The highest BCUT2D eigenvalue weighted by atomic mass is 15.0. The van der Waals surface area contributed by atoms with Crippen LogP contribution in [0.2, 0.25) is 0 Å². The fourth-order valence-corrected chi connectivity index (χ4v) is 1.57. The zero-order valence-electron chi connectivity index (χ0n) is 6.69. The van der Waals surface area contributed by atoms with Crippen molar-refractivity contribution in [2.75, 3.05) is 0 Å². The summed E-state index contributed by atoms with van der Waals surface area (Å²) < 4.78 is 0. The van der Waals surface area contributed by atoms with E-state index in [4.69, 9.17) is 5.41 Å². The maximum absolute atomic E-state index is 7.17. The maximum Gasteiger partial charge on any atom is 0.0259 e. The Morgan fingerprint density at radius 1 is 1.36 bits per heavy atom. The molecule has 2 nitrogen and oxygen atoms in total. The second-order valence-corrected chi connectivity index (χ2v) is 3.42. The van der Waals surface area contributed by atoms with E-state index in [1.807, 2.05) is 0 Å². The third-order valence-corrected chi connectivity index (χ3v) is 2.39. The van der Waals surface area contributed by atoms with Gasteiger partial charge in [0, 0.05) is 18.0 Å². The quantitative estimate of drug-likeness (QED) is 0.591. The van der Waals surface area contributed by atoms with Crippen molar-refractivity contribution in [3.8, 4) is 0 Å². The van der Waals surface area contributed by atoms with Gasteiger partial charge in [-0.1, -0.05) is 0 Å². The average Bonchev–Trinajstić information content (AvgIpc) is 2.68. The van der Waals surface area contributed by atoms with Crippen LogP contribution in [0.4, 0.5) is 0 Å². The van der Waals surface area contributed by atoms with Gasteiger partial charge in [-0.3, -0.25) is 0 Å². The zero-order chi connectivity index (χ0) is 7.68. The third-order valence-electron chi connectivity index (χ3n) is 2.39. The molecule has 11 heavy (non-hydrogen) atoms. The summed E-state index contributed by atoms with van der Waals surface area (Å²) in [4.78, 5) is 0. The Bertz CT molecular complexity index is 202. The zero-order valence-corrected chi connectivity index (χ0v) is 6.69. The van der Waals surface area contributed by atoms with Crippen molar-refractivity contribution in [3.63, 3.8) is 0 Å². The second-order valence-electron chi connectivity index (χ2n) is 3.42. The molecule has 0 heterocycles. The van der Waals surface area contributed by atoms with Crippen molar-refractivity contribution < 1.29 is 0 Å². The highest BCUT2D eigenvalue weighted by Crippen LogP contribution is 2.27. The Morgan fingerprint density at radius 3 is 2.82 bits per heavy atom. The molecule has 0 aromatic carbocycles. The van der Waals surface area contributed by atoms with Gasteiger partial charge in [-0.2, -0.15) is 0 Å². The molecule has 2 N–H and O–H groups in total. The van der Waals surface area contributed by atoms with Crippen LogP contribution in [-0.2, 0) is 0 Å². The Balaban J connectivity index is 2.01. The van der Waals surface area contributed by atoms with Crippen molar-refractivity contribution in [2.45, 2.75) is 38.1 Å². The fraction of sp³-hybridized carbons (Fsp3) is 0.667. The molecule has 0 radical (unpaired) electrons. The summed E-state index contributed by atoms with van der Waals surface area (Å²) in [5, 5.41) is 10.7. The highest BCUT2D eigenvalue weighted by Gasteiger charge is 2.24. The van der Waals surface area contributed by atoms with Gasteiger partial charge in [-0.25, -0.2) is 0 Å². The summed E-state index contributed by atoms with van der Waals surface area (Å²) in [5.41, 5.74) is 2.58. The molecule has 0 amide bonds. The standard InChI is InChI=1S/C9H14N2/c10-6-7-2-1-3-9(7)11-8-4-5-8/h6,8,10-11H,1-5H2. The molecule has 2 aliphatic rings. The van der Waals surface area contributed by atoms with E-state index in [2.05, 4.69) is 5.32 Å². The minimum absolute atomic E-state index is 0.748. The van der Waals surface area contributed by atoms with Crippen molar-refractivity contribution in [1.29, 1.82) is 5.41 Å². The smallest absolute Gasteiger partial charge is 0.0259 e. The van der Waals surface area contributed by atoms with Gasteiger partial charge >= 0.3 is 0 Å². The van der Waals surface area contributed by atoms with Crippen LogP contribution in [0.1, 0.15) is 32.1 Å². The molecule has 1 saturated carbocycles. The fourth-order valence-electron chi connectivity index (χ4n) is 1.57. The molecule has 0 aromatic heterocycles. The molecule has 2 heteroatoms. The lowest BCUT2D eigenvalue weighted by atomic mass is 10.2. The van der Waals surface area contributed by atoms with Gasteiger partial charge in [-0.05, 0) is 37.7 Å². The van der Waals surface area contributed by atoms with Gasteiger partial charge in [0.15, 0.2) is 0 Å². The average molecular weight is 150 g/mol. The minimum atomic E-state index is 0.748. The van der Waals surface area contributed by atoms with E-state index in [0.29, 0.717) is 0 Å². The van der Waals surface area contributed by atoms with Crippen LogP contribution in [-0.4, -0.2) is 12.3 Å². The van der Waals surface area contributed by atoms with E-state index in [1.165, 1.54) is 43.2 Å². The van der Waals surface area contributed by atoms with Crippen molar-refractivity contribution in [3.05, 3.63) is 11.3 Å². The van der Waals surface area contributed by atoms with E-state index < -0.39 is 0 Å². The van der Waals surface area contributed by atoms with Gasteiger partial charge in [0.2, 0.25) is 0 Å². The maximum atomic E-state index is 7.17. The van der Waals surface area contributed by atoms with E-state index in [1.54, 1.807) is 0 Å². The van der Waals surface area contributed by atoms with Gasteiger partial charge in [-0.15, -0.1) is 0 Å². The molecule has 0 atom stereocenters. The SMILES string of the molecule is N=CC1=C(NC2CC2)CCC1. The first-order valence-electron chi connectivity index (χ1n) is 4.39. The molecule has 1 fully saturated rings. The first-order valence-corrected chi connectivity index (χ1v) is 4.39. The molecule has 0 saturated heterocycles. The van der Waals surface area contributed by atoms with Gasteiger partial charge in [0.25, 0.3) is 0 Å². The van der Waals surface area contributed by atoms with Crippen molar-refractivity contribution in [2.24, 2.45) is 0 Å². The first kappa shape index (κ1) is 6.89. The summed E-state index contributed by atoms with van der Waals surface area (Å²) in [6, 6.07) is 0.748. The molecule has 0 unspecified atom stereocenters. The lowest BCUT2D eigenvalue weighted by molar-refractivity contribution is 0.756. The lowest BCUT2D eigenvalue weighted by Gasteiger charge is -2.05. The topological polar surface area (TPSA) is 35.9 Å². The lowest BCUT2D eigenvalue weighted by Crippen LogP contribution is -2.15. The Hall–Kier alpha value is -0.790. The normalized spacial score (nSPS) is 24.0. The van der Waals surface area contributed by atoms with Gasteiger partial charge in [0.1, 0.15) is 0 Å². The summed E-state index contributed by atoms with van der Waals surface area (Å²) >= 11 is 0. The van der Waals surface area contributed by atoms with Crippen LogP contribution in [0.25, 0.3) is 0 Å². The Labute approximate surface area is 67.2 Å². The predicted octanol–water partition coefficient (Wildman–Crippen LogP) is 1.83. The van der Waals surface area contributed by atoms with Crippen molar-refractivity contribution >= 4 is 6.21 Å². The predicted molar refractivity (Wildman–Crippen MR) is 45.8 cm³/mol. The summed E-state index contributed by atoms with van der Waals surface area (Å²) in [5.74, 6) is 0. The number of hydrogen-bond donors (Lipinski definition) is 2. The van der Waals surface area contributed by atoms with E-state index in [-0.39, 0.29) is 0 Å². The summed E-state index contributed by atoms with van der Waals surface area (Å²) in [6.45, 7) is 0. The first-order chi connectivity index (χ1) is 5.40. The molecular formula is C9H14N2. The number of hydrogen-bond acceptors (Lipinski definition) is 2. The Morgan fingerprint density at radius 2 is 2.18 bits per heavy atom. The monoisotopic (exact) mass is 150 g/mol. The molecule has 0 spiro atoms. The molecule has 2 aliphatic carbocycles. The van der Waals surface area contributed by atoms with Crippen LogP contribution in [0.3, 0.4) is 0 Å². The molecule has 0 aromatic rings. The largest absolute Gasteiger partial charge is 0.385 e. The molecule has 2 rings (SSSR count). The summed E-state index contributed by atoms with van der Waals surface area (Å²) in [6.07, 6.45) is 7.68. The third kappa shape index (κ3) is 1.44. The number of nitrogens with one attached hydrogen (secondary N) is 2. The van der Waals surface area contributed by atoms with Crippen LogP contribution in [0, 0.1) is 5.41 Å². The summed E-state index contributed by atoms with van der Waals surface area (Å²) in [7, 11) is 0. The molecule has 0 aliphatic heterocycles. The second kappa shape index (κ2) is 2.68. The molecule has 0 bridgehead atoms. The van der Waals surface area contributed by atoms with Crippen LogP contribution in [0.15, 0.2) is 11.3 Å². The molecule has 60 valence electrons. The van der Waals surface area contributed by atoms with Crippen LogP contribution < -0.4 is 5.32 Å². The minimum Gasteiger partial charge on any atom is -0.385 e. The van der Waals surface area contributed by atoms with E-state index in [9.17, 15) is 0 Å². The van der Waals surface area contributed by atoms with Gasteiger partial charge in [0.05, 0.1) is 0 Å². The van der Waals surface area contributed by atoms with Crippen LogP contribution in [0.5, 0.6) is 0 Å². The molecular weight excluding hydrogens is 136 g/mol. The highest BCUT2D eigenvalue weighted by molar-refractivity contribution is 5.77. The number of allylic oxidation sites excluding steroid dienone is 2. The van der Waals surface area contributed by atoms with Crippen molar-refractivity contribution in [1.82, 2.24) is 5.32 Å². The van der Waals surface area contributed by atoms with E-state index in [0.717, 1.165) is 12.5 Å². The number of rotatable bonds is 3. The van der Waals surface area contributed by atoms with Crippen LogP contribution >= 0.6 is 0 Å². The Kier molecular flexibility index (Phi) is 1.68. The van der Waals surface area contributed by atoms with Gasteiger partial charge < -0.3 is 10.7 Å². The van der Waals surface area contributed by atoms with E-state index >= 15 is 0 Å².